The van der Waals surface area contributed by atoms with Crippen LogP contribution in [0.25, 0.3) is 0 Å². The van der Waals surface area contributed by atoms with Crippen LogP contribution in [0.4, 0.5) is 0 Å². The first-order valence-electron chi connectivity index (χ1n) is 4.13. The number of unbranched alkanes of at least 4 members (excludes halogenated alkanes) is 1. The molecule has 0 amide bonds. The molecule has 3 nitrogen and oxygen atoms in total. The minimum absolute atomic E-state index is 0.173. The lowest BCUT2D eigenvalue weighted by Gasteiger charge is -2.03. The number of aryl methyl sites for hydroxylation is 1. The molecule has 1 rings (SSSR count). The molecule has 0 aliphatic heterocycles. The van der Waals surface area contributed by atoms with E-state index in [-0.39, 0.29) is 11.2 Å². The fourth-order valence-electron chi connectivity index (χ4n) is 0.992. The number of hydrogen-bond donors (Lipinski definition) is 1. The molecule has 0 atom stereocenters. The van der Waals surface area contributed by atoms with E-state index in [0.29, 0.717) is 0 Å². The first kappa shape index (κ1) is 8.84. The van der Waals surface area contributed by atoms with E-state index in [1.54, 1.807) is 6.20 Å². The number of aromatic hydroxyl groups is 1. The molecule has 0 fully saturated rings. The van der Waals surface area contributed by atoms with E-state index in [9.17, 15) is 4.79 Å². The second kappa shape index (κ2) is 3.95. The average molecular weight is 167 g/mol. The van der Waals surface area contributed by atoms with Crippen LogP contribution in [-0.2, 0) is 6.54 Å². The highest BCUT2D eigenvalue weighted by Crippen LogP contribution is 2.00. The summed E-state index contributed by atoms with van der Waals surface area (Å²) in [5, 5.41) is 9.07. The molecule has 1 heterocycles. The van der Waals surface area contributed by atoms with E-state index in [1.165, 1.54) is 12.3 Å². The van der Waals surface area contributed by atoms with Crippen molar-refractivity contribution in [1.82, 2.24) is 4.57 Å². The maximum atomic E-state index is 10.8. The third-order valence-electron chi connectivity index (χ3n) is 1.73. The van der Waals surface area contributed by atoms with Crippen LogP contribution < -0.4 is 5.43 Å². The Morgan fingerprint density at radius 3 is 2.92 bits per heavy atom. The van der Waals surface area contributed by atoms with Gasteiger partial charge in [-0.05, 0) is 6.42 Å². The molecule has 0 saturated carbocycles. The van der Waals surface area contributed by atoms with Crippen molar-refractivity contribution in [2.24, 2.45) is 0 Å². The lowest BCUT2D eigenvalue weighted by Crippen LogP contribution is -2.04. The Bertz CT molecular complexity index is 304. The predicted molar refractivity (Wildman–Crippen MR) is 47.3 cm³/mol. The highest BCUT2D eigenvalue weighted by atomic mass is 16.3. The molecule has 0 spiro atoms. The fraction of sp³-hybridized carbons (Fsp3) is 0.444. The normalized spacial score (nSPS) is 10.1. The summed E-state index contributed by atoms with van der Waals surface area (Å²) in [5.74, 6) is -0.173. The Kier molecular flexibility index (Phi) is 2.91. The smallest absolute Gasteiger partial charge is 0.223 e. The van der Waals surface area contributed by atoms with Gasteiger partial charge in [0.25, 0.3) is 0 Å². The topological polar surface area (TPSA) is 42.2 Å². The molecule has 0 aliphatic rings. The summed E-state index contributed by atoms with van der Waals surface area (Å²) in [7, 11) is 0. The molecule has 0 saturated heterocycles. The van der Waals surface area contributed by atoms with Gasteiger partial charge in [-0.25, -0.2) is 0 Å². The van der Waals surface area contributed by atoms with E-state index in [4.69, 9.17) is 5.11 Å². The van der Waals surface area contributed by atoms with Crippen molar-refractivity contribution in [3.63, 3.8) is 0 Å². The Hall–Kier alpha value is -1.25. The van der Waals surface area contributed by atoms with Gasteiger partial charge in [0.1, 0.15) is 0 Å². The van der Waals surface area contributed by atoms with Gasteiger partial charge in [-0.15, -0.1) is 0 Å². The average Bonchev–Trinajstić information content (AvgIpc) is 2.07. The first-order valence-corrected chi connectivity index (χ1v) is 4.13. The van der Waals surface area contributed by atoms with Gasteiger partial charge in [0, 0.05) is 25.0 Å². The van der Waals surface area contributed by atoms with Crippen molar-refractivity contribution in [3.8, 4) is 5.75 Å². The summed E-state index contributed by atoms with van der Waals surface area (Å²) in [6.45, 7) is 2.95. The van der Waals surface area contributed by atoms with Crippen LogP contribution in [0, 0.1) is 0 Å². The molecular weight excluding hydrogens is 154 g/mol. The Morgan fingerprint density at radius 2 is 2.33 bits per heavy atom. The van der Waals surface area contributed by atoms with Gasteiger partial charge in [-0.1, -0.05) is 13.3 Å². The minimum atomic E-state index is -0.317. The third kappa shape index (κ3) is 2.12. The van der Waals surface area contributed by atoms with Gasteiger partial charge in [0.15, 0.2) is 5.75 Å². The highest BCUT2D eigenvalue weighted by molar-refractivity contribution is 5.14. The van der Waals surface area contributed by atoms with E-state index in [1.807, 2.05) is 4.57 Å². The monoisotopic (exact) mass is 167 g/mol. The lowest BCUT2D eigenvalue weighted by atomic mass is 10.3. The van der Waals surface area contributed by atoms with Crippen LogP contribution in [0.1, 0.15) is 19.8 Å². The van der Waals surface area contributed by atoms with Crippen LogP contribution >= 0.6 is 0 Å². The van der Waals surface area contributed by atoms with Crippen molar-refractivity contribution < 1.29 is 5.11 Å². The Balaban J connectivity index is 2.75. The Morgan fingerprint density at radius 1 is 1.58 bits per heavy atom. The van der Waals surface area contributed by atoms with Gasteiger partial charge in [0.05, 0.1) is 0 Å². The predicted octanol–water partition coefficient (Wildman–Crippen LogP) is 1.35. The number of rotatable bonds is 3. The quantitative estimate of drug-likeness (QED) is 0.738. The molecule has 0 unspecified atom stereocenters. The summed E-state index contributed by atoms with van der Waals surface area (Å²) < 4.78 is 1.82. The number of pyridine rings is 1. The van der Waals surface area contributed by atoms with Gasteiger partial charge in [-0.3, -0.25) is 4.79 Å². The highest BCUT2D eigenvalue weighted by Gasteiger charge is 1.95. The first-order chi connectivity index (χ1) is 5.74. The number of aromatic nitrogens is 1. The molecule has 1 aromatic heterocycles. The molecule has 1 N–H and O–H groups in total. The van der Waals surface area contributed by atoms with Crippen molar-refractivity contribution in [2.75, 3.05) is 0 Å². The molecule has 0 aromatic carbocycles. The summed E-state index contributed by atoms with van der Waals surface area (Å²) in [4.78, 5) is 10.8. The van der Waals surface area contributed by atoms with E-state index in [2.05, 4.69) is 6.92 Å². The van der Waals surface area contributed by atoms with Gasteiger partial charge < -0.3 is 9.67 Å². The molecule has 1 aromatic rings. The SMILES string of the molecule is CCCCn1ccc(=O)c(O)c1. The van der Waals surface area contributed by atoms with Crippen LogP contribution in [0.5, 0.6) is 5.75 Å². The van der Waals surface area contributed by atoms with Crippen molar-refractivity contribution in [1.29, 1.82) is 0 Å². The molecular formula is C9H13NO2. The second-order valence-electron chi connectivity index (χ2n) is 2.79. The van der Waals surface area contributed by atoms with Crippen LogP contribution in [0.2, 0.25) is 0 Å². The molecule has 0 radical (unpaired) electrons. The zero-order chi connectivity index (χ0) is 8.97. The summed E-state index contributed by atoms with van der Waals surface area (Å²) in [6, 6.07) is 1.38. The number of nitrogens with zero attached hydrogens (tertiary/aromatic N) is 1. The minimum Gasteiger partial charge on any atom is -0.503 e. The van der Waals surface area contributed by atoms with E-state index >= 15 is 0 Å². The van der Waals surface area contributed by atoms with E-state index in [0.717, 1.165) is 19.4 Å². The molecule has 12 heavy (non-hydrogen) atoms. The maximum absolute atomic E-state index is 10.8. The molecule has 0 aliphatic carbocycles. The third-order valence-corrected chi connectivity index (χ3v) is 1.73. The molecule has 66 valence electrons. The zero-order valence-electron chi connectivity index (χ0n) is 7.16. The van der Waals surface area contributed by atoms with Gasteiger partial charge in [0.2, 0.25) is 5.43 Å². The zero-order valence-corrected chi connectivity index (χ0v) is 7.16. The molecule has 3 heteroatoms. The summed E-state index contributed by atoms with van der Waals surface area (Å²) in [6.07, 6.45) is 5.32. The van der Waals surface area contributed by atoms with Crippen LogP contribution in [0.3, 0.4) is 0 Å². The summed E-state index contributed by atoms with van der Waals surface area (Å²) in [5.41, 5.74) is -0.317. The van der Waals surface area contributed by atoms with E-state index < -0.39 is 0 Å². The van der Waals surface area contributed by atoms with Crippen LogP contribution in [-0.4, -0.2) is 9.67 Å². The number of hydrogen-bond acceptors (Lipinski definition) is 2. The molecule has 0 bridgehead atoms. The van der Waals surface area contributed by atoms with Crippen molar-refractivity contribution in [2.45, 2.75) is 26.3 Å². The standard InChI is InChI=1S/C9H13NO2/c1-2-3-5-10-6-4-8(11)9(12)7-10/h4,6-7,12H,2-3,5H2,1H3. The maximum Gasteiger partial charge on any atom is 0.223 e. The van der Waals surface area contributed by atoms with Crippen molar-refractivity contribution >= 4 is 0 Å². The van der Waals surface area contributed by atoms with Gasteiger partial charge >= 0.3 is 0 Å². The largest absolute Gasteiger partial charge is 0.503 e. The Labute approximate surface area is 71.3 Å². The lowest BCUT2D eigenvalue weighted by molar-refractivity contribution is 0.459. The van der Waals surface area contributed by atoms with Crippen LogP contribution in [0.15, 0.2) is 23.3 Å². The fourth-order valence-corrected chi connectivity index (χ4v) is 0.992. The van der Waals surface area contributed by atoms with Gasteiger partial charge in [-0.2, -0.15) is 0 Å². The van der Waals surface area contributed by atoms with Crippen molar-refractivity contribution in [3.05, 3.63) is 28.7 Å². The summed E-state index contributed by atoms with van der Waals surface area (Å²) >= 11 is 0. The second-order valence-corrected chi connectivity index (χ2v) is 2.79.